The normalized spacial score (nSPS) is 19.5. The van der Waals surface area contributed by atoms with Crippen LogP contribution in [0.3, 0.4) is 0 Å². The number of nitrogens with one attached hydrogen (secondary N) is 4. The van der Waals surface area contributed by atoms with E-state index in [1.54, 1.807) is 0 Å². The van der Waals surface area contributed by atoms with Gasteiger partial charge < -0.3 is 61.3 Å². The summed E-state index contributed by atoms with van der Waals surface area (Å²) in [4.78, 5) is 146. The molecule has 0 unspecified atom stereocenters. The van der Waals surface area contributed by atoms with Crippen molar-refractivity contribution in [1.29, 1.82) is 0 Å². The molecule has 8 N–H and O–H groups in total. The fraction of sp³-hybridized carbons (Fsp3) is 0.455. The monoisotopic (exact) mass is 2120 g/mol. The van der Waals surface area contributed by atoms with E-state index < -0.39 is 70.2 Å². The molecule has 0 saturated carbocycles. The van der Waals surface area contributed by atoms with E-state index in [2.05, 4.69) is 54.7 Å². The molecule has 8 heterocycles. The number of hydrogen-bond donors (Lipinski definition) is 8. The number of halogens is 16. The fourth-order valence-electron chi connectivity index (χ4n) is 20.4. The first-order valence-electron chi connectivity index (χ1n) is 49.1. The molecule has 4 amide bonds. The molecule has 40 heteroatoms. The summed E-state index contributed by atoms with van der Waals surface area (Å²) in [5.41, 5.74) is 10.3. The summed E-state index contributed by atoms with van der Waals surface area (Å²) in [6, 6.07) is 57.4. The highest BCUT2D eigenvalue weighted by Gasteiger charge is 2.57. The zero-order chi connectivity index (χ0) is 111. The molecule has 24 nitrogen and oxygen atoms in total. The number of hydrogen-bond acceptors (Lipinski definition) is 16. The van der Waals surface area contributed by atoms with Gasteiger partial charge >= 0.3 is 48.6 Å². The lowest BCUT2D eigenvalue weighted by Crippen LogP contribution is -2.47. The van der Waals surface area contributed by atoms with Crippen molar-refractivity contribution in [3.8, 4) is 0 Å². The van der Waals surface area contributed by atoms with Crippen LogP contribution in [0.15, 0.2) is 194 Å². The molecule has 8 fully saturated rings. The third-order valence-electron chi connectivity index (χ3n) is 28.9. The Hall–Kier alpha value is -13.1. The van der Waals surface area contributed by atoms with Crippen molar-refractivity contribution in [2.45, 2.75) is 180 Å². The van der Waals surface area contributed by atoms with Gasteiger partial charge in [-0.3, -0.25) is 38.4 Å². The first-order valence-corrected chi connectivity index (χ1v) is 49.1. The van der Waals surface area contributed by atoms with Gasteiger partial charge in [-0.25, -0.2) is 36.7 Å². The van der Waals surface area contributed by atoms with E-state index in [9.17, 15) is 109 Å². The molecule has 8 aromatic carbocycles. The lowest BCUT2D eigenvalue weighted by atomic mass is 9.68. The van der Waals surface area contributed by atoms with Gasteiger partial charge in [0, 0.05) is 111 Å². The van der Waals surface area contributed by atoms with Crippen molar-refractivity contribution in [1.82, 2.24) is 40.9 Å². The molecule has 0 radical (unpaired) electrons. The molecule has 8 saturated heterocycles. The maximum absolute atomic E-state index is 13.4. The van der Waals surface area contributed by atoms with Crippen LogP contribution < -0.4 is 21.3 Å². The van der Waals surface area contributed by atoms with Gasteiger partial charge in [0.25, 0.3) is 0 Å². The number of likely N-dealkylation sites (tertiary alicyclic amines) is 4. The number of Topliss-reactive ketones (excluding diaryl/α,β-unsaturated/α-hetero) is 4. The summed E-state index contributed by atoms with van der Waals surface area (Å²) in [6.45, 7) is 25.0. The molecule has 0 bridgehead atoms. The standard InChI is InChI=1S/2C26H31FN2O2.2C25H29FN2O2.4C2HF3O2/c2*1-18-3-5-21(6-4-18)24(30)15-19(2)17-29-13-11-26(12-14-29)23(16-28-25(26)31)20-7-9-22(27)10-8-20;2*1-18-4-6-20(7-5-18)23(29)3-2-14-28-15-12-25(13-16-28)22(17-27-24(25)30)19-8-10-21(26)11-9-19;4*3-2(4,5)1(6)7/h2*3-10,19,23H,11-17H2,1-2H3,(H,28,31);2*4-11,22H,2-3,12-17H2,1H3,(H,27,30);4*(H,6,7)/t19-,23+;19-,23-;2*22-;;;;/m1110..../s1. The lowest BCUT2D eigenvalue weighted by Gasteiger charge is -2.41. The average molecular weight is 2120 g/mol. The summed E-state index contributed by atoms with van der Waals surface area (Å²) in [5.74, 6) is -9.88. The zero-order valence-corrected chi connectivity index (χ0v) is 83.7. The summed E-state index contributed by atoms with van der Waals surface area (Å²) < 4.78 is 180. The highest BCUT2D eigenvalue weighted by molar-refractivity contribution is 5.98. The van der Waals surface area contributed by atoms with Gasteiger partial charge in [-0.15, -0.1) is 0 Å². The van der Waals surface area contributed by atoms with E-state index in [-0.39, 0.29) is 106 Å². The number of ketones is 4. The van der Waals surface area contributed by atoms with Gasteiger partial charge in [0.1, 0.15) is 23.3 Å². The van der Waals surface area contributed by atoms with E-state index in [1.165, 1.54) is 48.5 Å². The van der Waals surface area contributed by atoms with Gasteiger partial charge in [-0.2, -0.15) is 52.7 Å². The molecule has 8 aliphatic rings. The minimum Gasteiger partial charge on any atom is -0.475 e. The van der Waals surface area contributed by atoms with Gasteiger partial charge in [0.15, 0.2) is 23.1 Å². The summed E-state index contributed by atoms with van der Waals surface area (Å²) in [6.07, 6.45) is -10.2. The van der Waals surface area contributed by atoms with Crippen LogP contribution in [0.5, 0.6) is 0 Å². The number of aliphatic carboxylic acids is 4. The largest absolute Gasteiger partial charge is 0.490 e. The zero-order valence-electron chi connectivity index (χ0n) is 83.7. The average Bonchev–Trinajstić information content (AvgIpc) is 1.61. The number of nitrogens with zero attached hydrogens (tertiary/aromatic N) is 4. The minimum absolute atomic E-state index is 0.0864. The minimum atomic E-state index is -5.08. The van der Waals surface area contributed by atoms with E-state index in [0.29, 0.717) is 51.9 Å². The predicted molar refractivity (Wildman–Crippen MR) is 524 cm³/mol. The number of benzene rings is 8. The molecule has 16 rings (SSSR count). The number of carboxylic acid groups (broad SMARTS) is 4. The van der Waals surface area contributed by atoms with Crippen LogP contribution in [0.2, 0.25) is 0 Å². The highest BCUT2D eigenvalue weighted by atomic mass is 19.4. The number of rotatable bonds is 24. The second kappa shape index (κ2) is 53.6. The van der Waals surface area contributed by atoms with Crippen molar-refractivity contribution in [3.63, 3.8) is 0 Å². The number of aryl methyl sites for hydroxylation is 4. The van der Waals surface area contributed by atoms with Crippen LogP contribution in [0, 0.1) is 84.5 Å². The Balaban J connectivity index is 0.000000204. The number of carbonyl (C=O) groups excluding carboxylic acids is 8. The van der Waals surface area contributed by atoms with Gasteiger partial charge in [0.2, 0.25) is 23.6 Å². The van der Waals surface area contributed by atoms with Gasteiger partial charge in [-0.1, -0.05) is 182 Å². The molecule has 8 aromatic rings. The number of carboxylic acids is 4. The molecule has 150 heavy (non-hydrogen) atoms. The van der Waals surface area contributed by atoms with Crippen LogP contribution in [0.1, 0.15) is 213 Å². The number of carbonyl (C=O) groups is 12. The quantitative estimate of drug-likeness (QED) is 0.0206. The van der Waals surface area contributed by atoms with Crippen LogP contribution in [0.25, 0.3) is 0 Å². The van der Waals surface area contributed by atoms with Gasteiger partial charge in [-0.05, 0) is 240 Å². The first-order chi connectivity index (χ1) is 70.5. The van der Waals surface area contributed by atoms with Crippen LogP contribution in [-0.2, 0) is 38.4 Å². The SMILES string of the molecule is Cc1ccc(C(=O)CCCN2CCC3(CC2)C(=O)NC[C@@H]3c2ccc(F)cc2)cc1.Cc1ccc(C(=O)CCCN2CCC3(CC2)C(=O)NC[C@H]3c2ccc(F)cc2)cc1.Cc1ccc(C(=O)C[C@@H](C)CN2CCC3(CC2)C(=O)NC[C@@H]3c2ccc(F)cc2)cc1.Cc1ccc(C(=O)C[C@@H](C)CN2CCC3(CC2)C(=O)NC[C@H]3c2ccc(F)cc2)cc1.O=C(O)C(F)(F)F.O=C(O)C(F)(F)F.O=C(O)C(F)(F)F.O=C(O)C(F)(F)F. The second-order valence-electron chi connectivity index (χ2n) is 39.4. The Labute approximate surface area is 857 Å². The molecule has 0 aromatic heterocycles. The van der Waals surface area contributed by atoms with E-state index >= 15 is 0 Å². The van der Waals surface area contributed by atoms with Crippen molar-refractivity contribution in [3.05, 3.63) is 284 Å². The molecular formula is C110H124F16N8O16. The van der Waals surface area contributed by atoms with Gasteiger partial charge in [0.05, 0.1) is 21.7 Å². The predicted octanol–water partition coefficient (Wildman–Crippen LogP) is 19.4. The Morgan fingerprint density at radius 2 is 0.467 bits per heavy atom. The molecule has 4 spiro atoms. The summed E-state index contributed by atoms with van der Waals surface area (Å²) in [5, 5.41) is 40.7. The maximum Gasteiger partial charge on any atom is 0.490 e. The first kappa shape index (κ1) is 120. The third kappa shape index (κ3) is 34.0. The van der Waals surface area contributed by atoms with Crippen LogP contribution in [-0.4, -0.2) is 240 Å². The summed E-state index contributed by atoms with van der Waals surface area (Å²) in [7, 11) is 0. The van der Waals surface area contributed by atoms with E-state index in [0.717, 1.165) is 210 Å². The molecule has 0 aliphatic carbocycles. The summed E-state index contributed by atoms with van der Waals surface area (Å²) >= 11 is 0. The topological polar surface area (TPSA) is 347 Å². The Morgan fingerprint density at radius 1 is 0.293 bits per heavy atom. The molecule has 8 aliphatic heterocycles. The number of alkyl halides is 12. The van der Waals surface area contributed by atoms with Crippen molar-refractivity contribution < 1.29 is 148 Å². The Bertz CT molecular complexity index is 5460. The fourth-order valence-corrected chi connectivity index (χ4v) is 20.4. The van der Waals surface area contributed by atoms with E-state index in [4.69, 9.17) is 39.6 Å². The number of piperidine rings is 4. The van der Waals surface area contributed by atoms with Crippen molar-refractivity contribution in [2.24, 2.45) is 33.5 Å². The molecule has 6 atom stereocenters. The Kier molecular flexibility index (Phi) is 43.0. The highest BCUT2D eigenvalue weighted by Crippen LogP contribution is 2.52. The number of amides is 4. The molecular weight excluding hydrogens is 1990 g/mol. The molecule has 812 valence electrons. The second-order valence-corrected chi connectivity index (χ2v) is 39.4. The lowest BCUT2D eigenvalue weighted by molar-refractivity contribution is -0.193. The van der Waals surface area contributed by atoms with Crippen molar-refractivity contribution in [2.75, 3.05) is 105 Å². The maximum atomic E-state index is 13.4. The van der Waals surface area contributed by atoms with Crippen LogP contribution >= 0.6 is 0 Å². The van der Waals surface area contributed by atoms with Crippen LogP contribution in [0.4, 0.5) is 70.2 Å². The smallest absolute Gasteiger partial charge is 0.475 e. The van der Waals surface area contributed by atoms with Crippen molar-refractivity contribution >= 4 is 70.6 Å². The Morgan fingerprint density at radius 3 is 0.647 bits per heavy atom. The van der Waals surface area contributed by atoms with E-state index in [1.807, 2.05) is 173 Å². The third-order valence-corrected chi connectivity index (χ3v) is 28.9.